The molecule has 0 unspecified atom stereocenters. The number of benzene rings is 1. The van der Waals surface area contributed by atoms with Gasteiger partial charge in [0.2, 0.25) is 10.9 Å². The van der Waals surface area contributed by atoms with Gasteiger partial charge in [0.25, 0.3) is 10.0 Å². The Morgan fingerprint density at radius 1 is 1.04 bits per heavy atom. The molecule has 0 aliphatic carbocycles. The molecule has 8 nitrogen and oxygen atoms in total. The molecule has 2 aromatic heterocycles. The van der Waals surface area contributed by atoms with Crippen LogP contribution < -0.4 is 14.2 Å². The number of rotatable bonds is 6. The zero-order chi connectivity index (χ0) is 20.5. The van der Waals surface area contributed by atoms with Crippen molar-refractivity contribution in [1.29, 1.82) is 0 Å². The average Bonchev–Trinajstić information content (AvgIpc) is 3.29. The van der Waals surface area contributed by atoms with Gasteiger partial charge in [-0.3, -0.25) is 4.72 Å². The number of hydrogen-bond donors (Lipinski definition) is 1. The molecule has 1 aromatic carbocycles. The smallest absolute Gasteiger partial charge is 0.452 e. The van der Waals surface area contributed by atoms with Crippen molar-refractivity contribution < 1.29 is 40.0 Å². The van der Waals surface area contributed by atoms with Crippen LogP contribution in [-0.4, -0.2) is 27.8 Å². The number of nitrogens with zero attached hydrogens (tertiary/aromatic N) is 1. The summed E-state index contributed by atoms with van der Waals surface area (Å²) < 4.78 is 84.5. The summed E-state index contributed by atoms with van der Waals surface area (Å²) in [6, 6.07) is 7.23. The number of sulfonamides is 1. The Balaban J connectivity index is 1.87. The lowest BCUT2D eigenvalue weighted by molar-refractivity contribution is -0.155. The second-order valence-electron chi connectivity index (χ2n) is 5.40. The van der Waals surface area contributed by atoms with Gasteiger partial charge in [-0.05, 0) is 12.1 Å². The van der Waals surface area contributed by atoms with Crippen molar-refractivity contribution in [1.82, 2.24) is 5.16 Å². The van der Waals surface area contributed by atoms with Crippen LogP contribution in [0.15, 0.2) is 50.4 Å². The van der Waals surface area contributed by atoms with Gasteiger partial charge in [0.05, 0.1) is 19.9 Å². The van der Waals surface area contributed by atoms with E-state index in [1.807, 2.05) is 0 Å². The zero-order valence-electron chi connectivity index (χ0n) is 14.4. The molecule has 1 N–H and O–H groups in total. The van der Waals surface area contributed by atoms with Crippen LogP contribution in [0.5, 0.6) is 11.5 Å². The maximum Gasteiger partial charge on any atom is 0.452 e. The first-order valence-corrected chi connectivity index (χ1v) is 9.01. The highest BCUT2D eigenvalue weighted by Gasteiger charge is 2.36. The highest BCUT2D eigenvalue weighted by Crippen LogP contribution is 2.33. The van der Waals surface area contributed by atoms with Gasteiger partial charge in [-0.15, -0.1) is 0 Å². The molecule has 12 heteroatoms. The van der Waals surface area contributed by atoms with E-state index < -0.39 is 27.1 Å². The Bertz CT molecular complexity index is 1070. The van der Waals surface area contributed by atoms with Crippen LogP contribution in [0.3, 0.4) is 0 Å². The summed E-state index contributed by atoms with van der Waals surface area (Å²) in [5.41, 5.74) is -0.160. The van der Waals surface area contributed by atoms with E-state index in [-0.39, 0.29) is 17.1 Å². The molecule has 0 amide bonds. The molecule has 0 fully saturated rings. The van der Waals surface area contributed by atoms with Gasteiger partial charge in [0.1, 0.15) is 17.2 Å². The minimum Gasteiger partial charge on any atom is -0.497 e. The molecule has 0 radical (unpaired) electrons. The van der Waals surface area contributed by atoms with Gasteiger partial charge in [0.15, 0.2) is 5.76 Å². The first-order valence-electron chi connectivity index (χ1n) is 7.52. The number of nitrogens with one attached hydrogen (secondary N) is 1. The molecule has 0 saturated heterocycles. The van der Waals surface area contributed by atoms with Gasteiger partial charge in [-0.1, -0.05) is 5.16 Å². The highest BCUT2D eigenvalue weighted by atomic mass is 32.2. The van der Waals surface area contributed by atoms with Crippen LogP contribution in [0.2, 0.25) is 0 Å². The number of anilines is 1. The lowest BCUT2D eigenvalue weighted by Gasteiger charge is -2.10. The summed E-state index contributed by atoms with van der Waals surface area (Å²) in [6.07, 6.45) is -4.72. The first-order chi connectivity index (χ1) is 13.1. The molecule has 0 aliphatic rings. The van der Waals surface area contributed by atoms with E-state index in [1.165, 1.54) is 32.4 Å². The summed E-state index contributed by atoms with van der Waals surface area (Å²) in [5.74, 6) is -0.841. The van der Waals surface area contributed by atoms with Crippen molar-refractivity contribution in [2.45, 2.75) is 11.3 Å². The summed E-state index contributed by atoms with van der Waals surface area (Å²) in [7, 11) is -1.38. The first kappa shape index (κ1) is 19.6. The quantitative estimate of drug-likeness (QED) is 0.650. The predicted molar refractivity (Wildman–Crippen MR) is 89.6 cm³/mol. The standard InChI is InChI=1S/C16H13F3N2O6S/c1-24-10-5-9(6-11(7-10)25-2)21-28(22,23)15-4-3-13(26-15)12-8-14(27-20-12)16(17,18)19/h3-8,21H,1-2H3. The van der Waals surface area contributed by atoms with Gasteiger partial charge >= 0.3 is 6.18 Å². The zero-order valence-corrected chi connectivity index (χ0v) is 15.2. The molecule has 3 rings (SSSR count). The van der Waals surface area contributed by atoms with E-state index in [9.17, 15) is 21.6 Å². The van der Waals surface area contributed by atoms with E-state index in [0.717, 1.165) is 6.07 Å². The van der Waals surface area contributed by atoms with Crippen LogP contribution in [0.1, 0.15) is 5.76 Å². The fourth-order valence-corrected chi connectivity index (χ4v) is 3.17. The Morgan fingerprint density at radius 3 is 2.21 bits per heavy atom. The minimum atomic E-state index is -4.72. The maximum absolute atomic E-state index is 12.6. The summed E-state index contributed by atoms with van der Waals surface area (Å²) >= 11 is 0. The third kappa shape index (κ3) is 4.06. The van der Waals surface area contributed by atoms with Crippen LogP contribution in [0.25, 0.3) is 11.5 Å². The molecule has 150 valence electrons. The average molecular weight is 418 g/mol. The number of ether oxygens (including phenoxy) is 2. The molecular weight excluding hydrogens is 405 g/mol. The SMILES string of the molecule is COc1cc(NS(=O)(=O)c2ccc(-c3cc(C(F)(F)F)on3)o2)cc(OC)c1. The molecule has 0 bridgehead atoms. The van der Waals surface area contributed by atoms with Crippen LogP contribution >= 0.6 is 0 Å². The van der Waals surface area contributed by atoms with Crippen LogP contribution in [0, 0.1) is 0 Å². The fourth-order valence-electron chi connectivity index (χ4n) is 2.20. The number of aromatic nitrogens is 1. The van der Waals surface area contributed by atoms with E-state index in [2.05, 4.69) is 14.4 Å². The van der Waals surface area contributed by atoms with E-state index in [4.69, 9.17) is 13.9 Å². The normalized spacial score (nSPS) is 12.0. The maximum atomic E-state index is 12.6. The van der Waals surface area contributed by atoms with Gasteiger partial charge in [0, 0.05) is 24.3 Å². The Labute approximate surface area is 156 Å². The summed E-state index contributed by atoms with van der Waals surface area (Å²) in [4.78, 5) is 0. The molecule has 2 heterocycles. The number of alkyl halides is 3. The van der Waals surface area contributed by atoms with E-state index in [0.29, 0.717) is 17.6 Å². The van der Waals surface area contributed by atoms with Crippen molar-refractivity contribution in [3.05, 3.63) is 42.2 Å². The largest absolute Gasteiger partial charge is 0.497 e. The highest BCUT2D eigenvalue weighted by molar-refractivity contribution is 7.92. The monoisotopic (exact) mass is 418 g/mol. The van der Waals surface area contributed by atoms with Crippen molar-refractivity contribution in [2.75, 3.05) is 18.9 Å². The predicted octanol–water partition coefficient (Wildman–Crippen LogP) is 3.77. The second-order valence-corrected chi connectivity index (χ2v) is 7.01. The Kier molecular flexibility index (Phi) is 4.98. The number of furan rings is 1. The lowest BCUT2D eigenvalue weighted by atomic mass is 10.3. The third-order valence-corrected chi connectivity index (χ3v) is 4.75. The molecule has 28 heavy (non-hydrogen) atoms. The van der Waals surface area contributed by atoms with Crippen molar-refractivity contribution in [3.8, 4) is 23.0 Å². The molecule has 3 aromatic rings. The molecule has 0 saturated carbocycles. The van der Waals surface area contributed by atoms with Crippen molar-refractivity contribution in [3.63, 3.8) is 0 Å². The van der Waals surface area contributed by atoms with E-state index >= 15 is 0 Å². The van der Waals surface area contributed by atoms with Crippen LogP contribution in [-0.2, 0) is 16.2 Å². The Hall–Kier alpha value is -3.15. The molecule has 0 atom stereocenters. The molecule has 0 spiro atoms. The molecular formula is C16H13F3N2O6S. The second kappa shape index (κ2) is 7.11. The van der Waals surface area contributed by atoms with Gasteiger partial charge in [-0.2, -0.15) is 21.6 Å². The third-order valence-electron chi connectivity index (χ3n) is 3.49. The van der Waals surface area contributed by atoms with Crippen molar-refractivity contribution in [2.24, 2.45) is 0 Å². The van der Waals surface area contributed by atoms with Crippen molar-refractivity contribution >= 4 is 15.7 Å². The minimum absolute atomic E-state index is 0.134. The van der Waals surface area contributed by atoms with Gasteiger partial charge < -0.3 is 18.4 Å². The van der Waals surface area contributed by atoms with E-state index in [1.54, 1.807) is 6.07 Å². The molecule has 0 aliphatic heterocycles. The number of methoxy groups -OCH3 is 2. The van der Waals surface area contributed by atoms with Crippen LogP contribution in [0.4, 0.5) is 18.9 Å². The fraction of sp³-hybridized carbons (Fsp3) is 0.188. The lowest BCUT2D eigenvalue weighted by Crippen LogP contribution is -2.12. The topological polar surface area (TPSA) is 104 Å². The summed E-state index contributed by atoms with van der Waals surface area (Å²) in [5, 5.41) is 2.71. The Morgan fingerprint density at radius 2 is 1.68 bits per heavy atom. The summed E-state index contributed by atoms with van der Waals surface area (Å²) in [6.45, 7) is 0. The number of halogens is 3. The number of hydrogen-bond acceptors (Lipinski definition) is 7. The van der Waals surface area contributed by atoms with Gasteiger partial charge in [-0.25, -0.2) is 0 Å².